The fourth-order valence-corrected chi connectivity index (χ4v) is 2.91. The number of amides is 1. The molecule has 0 aliphatic carbocycles. The Morgan fingerprint density at radius 2 is 1.87 bits per heavy atom. The molecule has 0 saturated carbocycles. The summed E-state index contributed by atoms with van der Waals surface area (Å²) in [7, 11) is 0. The first-order valence-electron chi connectivity index (χ1n) is 7.71. The molecule has 126 valence electrons. The highest BCUT2D eigenvalue weighted by Crippen LogP contribution is 2.35. The quantitative estimate of drug-likeness (QED) is 0.794. The van der Waals surface area contributed by atoms with Gasteiger partial charge >= 0.3 is 6.18 Å². The van der Waals surface area contributed by atoms with Gasteiger partial charge < -0.3 is 14.4 Å². The van der Waals surface area contributed by atoms with Crippen molar-refractivity contribution in [2.75, 3.05) is 26.3 Å². The Kier molecular flexibility index (Phi) is 4.37. The molecule has 1 aromatic rings. The first-order valence-corrected chi connectivity index (χ1v) is 7.71. The van der Waals surface area contributed by atoms with Gasteiger partial charge in [-0.2, -0.15) is 13.2 Å². The summed E-state index contributed by atoms with van der Waals surface area (Å²) in [5, 5.41) is 0. The van der Waals surface area contributed by atoms with Crippen molar-refractivity contribution in [3.05, 3.63) is 23.8 Å². The number of rotatable bonds is 1. The number of halogens is 3. The molecule has 0 spiro atoms. The minimum atomic E-state index is -4.26. The minimum absolute atomic E-state index is 0.0778. The van der Waals surface area contributed by atoms with Gasteiger partial charge in [0.25, 0.3) is 5.91 Å². The molecule has 3 rings (SSSR count). The second-order valence-electron chi connectivity index (χ2n) is 5.84. The molecule has 23 heavy (non-hydrogen) atoms. The van der Waals surface area contributed by atoms with E-state index in [2.05, 4.69) is 0 Å². The molecule has 1 amide bonds. The van der Waals surface area contributed by atoms with Crippen molar-refractivity contribution in [1.29, 1.82) is 0 Å². The van der Waals surface area contributed by atoms with Gasteiger partial charge in [-0.15, -0.1) is 0 Å². The van der Waals surface area contributed by atoms with Gasteiger partial charge in [-0.25, -0.2) is 0 Å². The summed E-state index contributed by atoms with van der Waals surface area (Å²) in [6.45, 7) is 1.10. The van der Waals surface area contributed by atoms with Gasteiger partial charge in [-0.3, -0.25) is 4.79 Å². The number of benzene rings is 1. The topological polar surface area (TPSA) is 38.8 Å². The summed E-state index contributed by atoms with van der Waals surface area (Å²) >= 11 is 0. The maximum atomic E-state index is 12.9. The molecule has 1 saturated heterocycles. The molecular formula is C16H18F3NO3. The third-order valence-electron chi connectivity index (χ3n) is 4.17. The lowest BCUT2D eigenvalue weighted by Gasteiger charge is -2.33. The second kappa shape index (κ2) is 6.29. The van der Waals surface area contributed by atoms with Crippen LogP contribution in [0.1, 0.15) is 29.6 Å². The summed E-state index contributed by atoms with van der Waals surface area (Å²) in [6.07, 6.45) is -3.07. The van der Waals surface area contributed by atoms with E-state index in [-0.39, 0.29) is 13.0 Å². The van der Waals surface area contributed by atoms with Gasteiger partial charge in [0.2, 0.25) is 0 Å². The Labute approximate surface area is 132 Å². The predicted octanol–water partition coefficient (Wildman–Crippen LogP) is 3.26. The number of likely N-dealkylation sites (tertiary alicyclic amines) is 1. The van der Waals surface area contributed by atoms with E-state index in [0.29, 0.717) is 43.2 Å². The van der Waals surface area contributed by atoms with Crippen LogP contribution in [0.25, 0.3) is 0 Å². The van der Waals surface area contributed by atoms with E-state index in [9.17, 15) is 18.0 Å². The molecule has 2 heterocycles. The Morgan fingerprint density at radius 1 is 1.13 bits per heavy atom. The highest BCUT2D eigenvalue weighted by atomic mass is 19.4. The number of carbonyl (C=O) groups excluding carboxylic acids is 1. The van der Waals surface area contributed by atoms with E-state index < -0.39 is 18.0 Å². The van der Waals surface area contributed by atoms with E-state index >= 15 is 0 Å². The van der Waals surface area contributed by atoms with Crippen LogP contribution in [0.2, 0.25) is 0 Å². The maximum absolute atomic E-state index is 12.9. The van der Waals surface area contributed by atoms with Crippen LogP contribution < -0.4 is 9.47 Å². The average molecular weight is 329 g/mol. The SMILES string of the molecule is O=C(c1ccc2c(c1)OCCCO2)N1CCC[C@@H](C(F)(F)F)C1. The molecule has 0 aromatic heterocycles. The van der Waals surface area contributed by atoms with Gasteiger partial charge in [-0.1, -0.05) is 0 Å². The van der Waals surface area contributed by atoms with Gasteiger partial charge in [0, 0.05) is 25.1 Å². The monoisotopic (exact) mass is 329 g/mol. The van der Waals surface area contributed by atoms with Crippen LogP contribution in [0.4, 0.5) is 13.2 Å². The number of alkyl halides is 3. The Bertz CT molecular complexity index is 588. The highest BCUT2D eigenvalue weighted by Gasteiger charge is 2.42. The number of hydrogen-bond acceptors (Lipinski definition) is 3. The van der Waals surface area contributed by atoms with Crippen LogP contribution in [0.3, 0.4) is 0 Å². The minimum Gasteiger partial charge on any atom is -0.490 e. The molecule has 1 atom stereocenters. The zero-order valence-corrected chi connectivity index (χ0v) is 12.6. The Balaban J connectivity index is 1.76. The van der Waals surface area contributed by atoms with Gasteiger partial charge in [0.1, 0.15) is 0 Å². The first-order chi connectivity index (χ1) is 10.9. The summed E-state index contributed by atoms with van der Waals surface area (Å²) < 4.78 is 49.6. The smallest absolute Gasteiger partial charge is 0.393 e. The first kappa shape index (κ1) is 16.0. The summed E-state index contributed by atoms with van der Waals surface area (Å²) in [4.78, 5) is 13.8. The fourth-order valence-electron chi connectivity index (χ4n) is 2.91. The van der Waals surface area contributed by atoms with Crippen LogP contribution in [-0.4, -0.2) is 43.3 Å². The lowest BCUT2D eigenvalue weighted by Crippen LogP contribution is -2.44. The molecule has 0 unspecified atom stereocenters. The Morgan fingerprint density at radius 3 is 2.61 bits per heavy atom. The lowest BCUT2D eigenvalue weighted by atomic mass is 9.97. The molecule has 0 N–H and O–H groups in total. The second-order valence-corrected chi connectivity index (χ2v) is 5.84. The number of ether oxygens (including phenoxy) is 2. The molecule has 1 aromatic carbocycles. The van der Waals surface area contributed by atoms with E-state index in [1.807, 2.05) is 0 Å². The van der Waals surface area contributed by atoms with Crippen molar-refractivity contribution in [1.82, 2.24) is 4.90 Å². The number of nitrogens with zero attached hydrogens (tertiary/aromatic N) is 1. The van der Waals surface area contributed by atoms with E-state index in [1.165, 1.54) is 4.90 Å². The van der Waals surface area contributed by atoms with Crippen LogP contribution in [0.5, 0.6) is 11.5 Å². The number of fused-ring (bicyclic) bond motifs is 1. The Hall–Kier alpha value is -1.92. The number of piperidine rings is 1. The maximum Gasteiger partial charge on any atom is 0.393 e. The van der Waals surface area contributed by atoms with Crippen molar-refractivity contribution in [2.24, 2.45) is 5.92 Å². The molecule has 2 aliphatic rings. The molecule has 4 nitrogen and oxygen atoms in total. The van der Waals surface area contributed by atoms with Crippen LogP contribution >= 0.6 is 0 Å². The van der Waals surface area contributed by atoms with E-state index in [1.54, 1.807) is 18.2 Å². The molecular weight excluding hydrogens is 311 g/mol. The van der Waals surface area contributed by atoms with Crippen LogP contribution in [0.15, 0.2) is 18.2 Å². The van der Waals surface area contributed by atoms with E-state index in [0.717, 1.165) is 6.42 Å². The summed E-state index contributed by atoms with van der Waals surface area (Å²) in [5.41, 5.74) is 0.331. The molecule has 0 radical (unpaired) electrons. The fraction of sp³-hybridized carbons (Fsp3) is 0.562. The molecule has 1 fully saturated rings. The standard InChI is InChI=1S/C16H18F3NO3/c17-16(18,19)12-3-1-6-20(10-12)15(21)11-4-5-13-14(9-11)23-8-2-7-22-13/h4-5,9,12H,1-3,6-8,10H2/t12-/m1/s1. The van der Waals surface area contributed by atoms with Crippen molar-refractivity contribution in [3.8, 4) is 11.5 Å². The third kappa shape index (κ3) is 3.54. The van der Waals surface area contributed by atoms with Crippen LogP contribution in [-0.2, 0) is 0 Å². The molecule has 0 bridgehead atoms. The number of hydrogen-bond donors (Lipinski definition) is 0. The third-order valence-corrected chi connectivity index (χ3v) is 4.17. The largest absolute Gasteiger partial charge is 0.490 e. The van der Waals surface area contributed by atoms with Crippen molar-refractivity contribution < 1.29 is 27.4 Å². The normalized spacial score (nSPS) is 21.7. The van der Waals surface area contributed by atoms with E-state index in [4.69, 9.17) is 9.47 Å². The zero-order valence-electron chi connectivity index (χ0n) is 12.6. The summed E-state index contributed by atoms with van der Waals surface area (Å²) in [5.74, 6) is -0.807. The predicted molar refractivity (Wildman–Crippen MR) is 76.7 cm³/mol. The molecule has 2 aliphatic heterocycles. The zero-order chi connectivity index (χ0) is 16.4. The van der Waals surface area contributed by atoms with Gasteiger partial charge in [0.05, 0.1) is 19.1 Å². The van der Waals surface area contributed by atoms with Crippen molar-refractivity contribution in [2.45, 2.75) is 25.4 Å². The lowest BCUT2D eigenvalue weighted by molar-refractivity contribution is -0.184. The van der Waals surface area contributed by atoms with Crippen molar-refractivity contribution >= 4 is 5.91 Å². The molecule has 7 heteroatoms. The van der Waals surface area contributed by atoms with Crippen molar-refractivity contribution in [3.63, 3.8) is 0 Å². The van der Waals surface area contributed by atoms with Gasteiger partial charge in [0.15, 0.2) is 11.5 Å². The van der Waals surface area contributed by atoms with Crippen LogP contribution in [0, 0.1) is 5.92 Å². The highest BCUT2D eigenvalue weighted by molar-refractivity contribution is 5.95. The summed E-state index contributed by atoms with van der Waals surface area (Å²) in [6, 6.07) is 4.77. The number of carbonyl (C=O) groups is 1. The van der Waals surface area contributed by atoms with Gasteiger partial charge in [-0.05, 0) is 31.0 Å². The average Bonchev–Trinajstić information content (AvgIpc) is 2.78.